The first-order chi connectivity index (χ1) is 16.7. The summed E-state index contributed by atoms with van der Waals surface area (Å²) >= 11 is 5.86. The summed E-state index contributed by atoms with van der Waals surface area (Å²) in [7, 11) is -1.24. The lowest BCUT2D eigenvalue weighted by Crippen LogP contribution is -2.47. The van der Waals surface area contributed by atoms with Gasteiger partial charge in [-0.15, -0.1) is 0 Å². The fourth-order valence-corrected chi connectivity index (χ4v) is 4.81. The second-order valence-electron chi connectivity index (χ2n) is 7.86. The van der Waals surface area contributed by atoms with Gasteiger partial charge in [-0.05, 0) is 61.4 Å². The minimum Gasteiger partial charge on any atom is -0.325 e. The maximum atomic E-state index is 13.0. The topological polar surface area (TPSA) is 126 Å². The number of carbonyl (C=O) groups is 3. The maximum Gasteiger partial charge on any atom is 0.332 e. The van der Waals surface area contributed by atoms with Gasteiger partial charge in [0, 0.05) is 49.3 Å². The number of hydrogen-bond acceptors (Lipinski definition) is 6. The van der Waals surface area contributed by atoms with Crippen LogP contribution in [0.1, 0.15) is 19.3 Å². The molecule has 188 valence electrons. The predicted octanol–water partition coefficient (Wildman–Crippen LogP) is 4.47. The van der Waals surface area contributed by atoms with Gasteiger partial charge in [-0.1, -0.05) is 11.6 Å². The molecule has 1 saturated heterocycles. The Morgan fingerprint density at radius 2 is 1.60 bits per heavy atom. The number of piperidine rings is 1. The summed E-state index contributed by atoms with van der Waals surface area (Å²) in [5, 5.41) is 8.30. The summed E-state index contributed by atoms with van der Waals surface area (Å²) in [6.07, 6.45) is 1.95. The van der Waals surface area contributed by atoms with Crippen LogP contribution in [-0.4, -0.2) is 50.8 Å². The van der Waals surface area contributed by atoms with E-state index < -0.39 is 25.6 Å². The van der Waals surface area contributed by atoms with Crippen LogP contribution in [0.4, 0.5) is 21.9 Å². The Morgan fingerprint density at radius 1 is 1.00 bits per heavy atom. The number of anilines is 3. The van der Waals surface area contributed by atoms with Crippen LogP contribution in [0.15, 0.2) is 48.5 Å². The molecule has 0 saturated carbocycles. The van der Waals surface area contributed by atoms with Crippen LogP contribution in [-0.2, 0) is 23.2 Å². The third-order valence-electron chi connectivity index (χ3n) is 5.46. The van der Waals surface area contributed by atoms with Gasteiger partial charge in [-0.25, -0.2) is 4.79 Å². The average molecular weight is 523 g/mol. The first-order valence-corrected chi connectivity index (χ1v) is 13.1. The van der Waals surface area contributed by atoms with Gasteiger partial charge in [-0.2, -0.15) is 0 Å². The summed E-state index contributed by atoms with van der Waals surface area (Å²) in [4.78, 5) is 39.4. The van der Waals surface area contributed by atoms with Crippen LogP contribution in [0.5, 0.6) is 0 Å². The van der Waals surface area contributed by atoms with Crippen molar-refractivity contribution in [3.8, 4) is 0 Å². The number of hydrogen-bond donors (Lipinski definition) is 3. The van der Waals surface area contributed by atoms with E-state index in [2.05, 4.69) is 16.0 Å². The zero-order valence-electron chi connectivity index (χ0n) is 19.5. The molecule has 0 spiro atoms. The number of carbonyl (C=O) groups excluding carboxylic acids is 3. The first-order valence-electron chi connectivity index (χ1n) is 11.0. The van der Waals surface area contributed by atoms with E-state index in [9.17, 15) is 18.9 Å². The summed E-state index contributed by atoms with van der Waals surface area (Å²) in [5.74, 6) is -0.550. The van der Waals surface area contributed by atoms with Gasteiger partial charge in [0.2, 0.25) is 11.8 Å². The molecule has 10 nitrogen and oxygen atoms in total. The molecule has 2 aromatic rings. The molecular weight excluding hydrogens is 495 g/mol. The highest BCUT2D eigenvalue weighted by atomic mass is 35.5. The van der Waals surface area contributed by atoms with Gasteiger partial charge in [-0.3, -0.25) is 14.2 Å². The van der Waals surface area contributed by atoms with E-state index in [-0.39, 0.29) is 12.1 Å². The summed E-state index contributed by atoms with van der Waals surface area (Å²) in [6.45, 7) is 0.655. The Morgan fingerprint density at radius 3 is 2.20 bits per heavy atom. The molecule has 1 fully saturated rings. The van der Waals surface area contributed by atoms with Crippen LogP contribution in [0, 0.1) is 0 Å². The maximum absolute atomic E-state index is 13.0. The molecule has 1 aliphatic heterocycles. The van der Waals surface area contributed by atoms with E-state index >= 15 is 0 Å². The zero-order chi connectivity index (χ0) is 25.4. The van der Waals surface area contributed by atoms with Crippen molar-refractivity contribution in [3.05, 3.63) is 53.6 Å². The lowest BCUT2D eigenvalue weighted by Gasteiger charge is -2.27. The van der Waals surface area contributed by atoms with Gasteiger partial charge in [0.25, 0.3) is 0 Å². The van der Waals surface area contributed by atoms with Gasteiger partial charge in [0.05, 0.1) is 6.16 Å². The number of nitrogens with one attached hydrogen (secondary N) is 3. The molecule has 0 aliphatic carbocycles. The van der Waals surface area contributed by atoms with Crippen molar-refractivity contribution in [2.75, 3.05) is 42.5 Å². The third-order valence-corrected chi connectivity index (χ3v) is 7.63. The quantitative estimate of drug-likeness (QED) is 0.417. The molecule has 3 rings (SSSR count). The molecule has 3 N–H and O–H groups in total. The Balaban J connectivity index is 1.70. The number of benzene rings is 2. The molecule has 2 aromatic carbocycles. The minimum absolute atomic E-state index is 0.0684. The molecule has 1 atom stereocenters. The van der Waals surface area contributed by atoms with E-state index in [4.69, 9.17) is 20.6 Å². The molecule has 0 bridgehead atoms. The first kappa shape index (κ1) is 26.7. The highest BCUT2D eigenvalue weighted by molar-refractivity contribution is 7.53. The Hall–Kier alpha value is -2.91. The second kappa shape index (κ2) is 12.2. The fraction of sp³-hybridized carbons (Fsp3) is 0.348. The van der Waals surface area contributed by atoms with Gasteiger partial charge in [0.1, 0.15) is 6.04 Å². The van der Waals surface area contributed by atoms with E-state index in [1.165, 1.54) is 14.2 Å². The van der Waals surface area contributed by atoms with Crippen molar-refractivity contribution >= 4 is 54.1 Å². The van der Waals surface area contributed by atoms with Crippen molar-refractivity contribution in [3.63, 3.8) is 0 Å². The van der Waals surface area contributed by atoms with Gasteiger partial charge >= 0.3 is 13.6 Å². The number of rotatable bonds is 9. The molecule has 1 unspecified atom stereocenters. The highest BCUT2D eigenvalue weighted by Gasteiger charge is 2.32. The Kier molecular flexibility index (Phi) is 9.28. The molecule has 0 radical (unpaired) electrons. The van der Waals surface area contributed by atoms with E-state index in [0.29, 0.717) is 29.4 Å². The number of amides is 4. The predicted molar refractivity (Wildman–Crippen MR) is 135 cm³/mol. The molecule has 4 amide bonds. The van der Waals surface area contributed by atoms with E-state index in [1.807, 2.05) is 0 Å². The largest absolute Gasteiger partial charge is 0.332 e. The van der Waals surface area contributed by atoms with Gasteiger partial charge < -0.3 is 29.9 Å². The molecule has 12 heteroatoms. The lowest BCUT2D eigenvalue weighted by atomic mass is 10.1. The molecule has 35 heavy (non-hydrogen) atoms. The summed E-state index contributed by atoms with van der Waals surface area (Å²) < 4.78 is 22.6. The Bertz CT molecular complexity index is 1090. The zero-order valence-corrected chi connectivity index (χ0v) is 21.1. The van der Waals surface area contributed by atoms with Gasteiger partial charge in [0.15, 0.2) is 0 Å². The molecule has 0 aromatic heterocycles. The SMILES string of the molecule is COP(=O)(CC(NC(=O)Nc1ccc(Cl)cc1)C(=O)Nc1ccc(N2CCCCC2=O)cc1)OC. The van der Waals surface area contributed by atoms with Crippen molar-refractivity contribution in [1.82, 2.24) is 5.32 Å². The summed E-state index contributed by atoms with van der Waals surface area (Å²) in [6, 6.07) is 11.3. The van der Waals surface area contributed by atoms with Crippen molar-refractivity contribution in [1.29, 1.82) is 0 Å². The fourth-order valence-electron chi connectivity index (χ4n) is 3.53. The van der Waals surface area contributed by atoms with Crippen LogP contribution in [0.3, 0.4) is 0 Å². The molecular formula is C23H28ClN4O6P. The number of halogens is 1. The van der Waals surface area contributed by atoms with Crippen LogP contribution in [0.2, 0.25) is 5.02 Å². The molecule has 1 aliphatic rings. The highest BCUT2D eigenvalue weighted by Crippen LogP contribution is 2.46. The number of urea groups is 1. The van der Waals surface area contributed by atoms with Crippen LogP contribution < -0.4 is 20.9 Å². The van der Waals surface area contributed by atoms with Crippen LogP contribution >= 0.6 is 19.2 Å². The van der Waals surface area contributed by atoms with E-state index in [1.54, 1.807) is 53.4 Å². The second-order valence-corrected chi connectivity index (χ2v) is 10.6. The normalized spacial score (nSPS) is 14.8. The van der Waals surface area contributed by atoms with Crippen molar-refractivity contribution < 1.29 is 28.0 Å². The number of nitrogens with zero attached hydrogens (tertiary/aromatic N) is 1. The third kappa shape index (κ3) is 7.53. The van der Waals surface area contributed by atoms with Crippen LogP contribution in [0.25, 0.3) is 0 Å². The Labute approximate surface area is 208 Å². The summed E-state index contributed by atoms with van der Waals surface area (Å²) in [5.41, 5.74) is 1.64. The smallest absolute Gasteiger partial charge is 0.325 e. The van der Waals surface area contributed by atoms with Crippen molar-refractivity contribution in [2.45, 2.75) is 25.3 Å². The standard InChI is InChI=1S/C23H28ClN4O6P/c1-33-35(32,34-2)15-20(27-23(31)26-18-8-6-16(24)7-9-18)22(30)25-17-10-12-19(13-11-17)28-14-4-3-5-21(28)29/h6-13,20H,3-5,14-15H2,1-2H3,(H,25,30)(H2,26,27,31). The monoisotopic (exact) mass is 522 g/mol. The lowest BCUT2D eigenvalue weighted by molar-refractivity contribution is -0.119. The minimum atomic E-state index is -3.64. The van der Waals surface area contributed by atoms with E-state index in [0.717, 1.165) is 18.5 Å². The average Bonchev–Trinajstić information content (AvgIpc) is 2.86. The van der Waals surface area contributed by atoms with Crippen molar-refractivity contribution in [2.24, 2.45) is 0 Å². The molecule has 1 heterocycles.